The number of para-hydroxylation sites is 2. The van der Waals surface area contributed by atoms with Crippen molar-refractivity contribution in [1.82, 2.24) is 9.55 Å². The molecule has 0 aliphatic rings. The summed E-state index contributed by atoms with van der Waals surface area (Å²) in [5.74, 6) is 0. The fourth-order valence-corrected chi connectivity index (χ4v) is 2.31. The van der Waals surface area contributed by atoms with Gasteiger partial charge >= 0.3 is 6.03 Å². The SMILES string of the molecule is CCc1ccc(NC(=O)Nc2ccccc2-n2ccnc2)cc1. The van der Waals surface area contributed by atoms with Gasteiger partial charge < -0.3 is 15.2 Å². The van der Waals surface area contributed by atoms with Crippen molar-refractivity contribution in [2.45, 2.75) is 13.3 Å². The summed E-state index contributed by atoms with van der Waals surface area (Å²) in [6.45, 7) is 2.10. The lowest BCUT2D eigenvalue weighted by Gasteiger charge is -2.12. The number of urea groups is 1. The van der Waals surface area contributed by atoms with Gasteiger partial charge in [-0.3, -0.25) is 0 Å². The molecule has 0 aliphatic heterocycles. The molecular formula is C18H18N4O. The lowest BCUT2D eigenvalue weighted by molar-refractivity contribution is 0.262. The Labute approximate surface area is 135 Å². The van der Waals surface area contributed by atoms with Crippen LogP contribution in [-0.4, -0.2) is 15.6 Å². The molecular weight excluding hydrogens is 288 g/mol. The van der Waals surface area contributed by atoms with E-state index in [1.165, 1.54) is 5.56 Å². The Bertz CT molecular complexity index is 779. The molecule has 0 saturated heterocycles. The average molecular weight is 306 g/mol. The second-order valence-electron chi connectivity index (χ2n) is 5.12. The van der Waals surface area contributed by atoms with Gasteiger partial charge in [-0.2, -0.15) is 0 Å². The second kappa shape index (κ2) is 6.79. The minimum atomic E-state index is -0.276. The number of aryl methyl sites for hydroxylation is 1. The van der Waals surface area contributed by atoms with E-state index in [4.69, 9.17) is 0 Å². The van der Waals surface area contributed by atoms with E-state index in [1.807, 2.05) is 59.3 Å². The molecule has 0 aliphatic carbocycles. The first-order valence-electron chi connectivity index (χ1n) is 7.50. The lowest BCUT2D eigenvalue weighted by Crippen LogP contribution is -2.20. The summed E-state index contributed by atoms with van der Waals surface area (Å²) < 4.78 is 1.85. The summed E-state index contributed by atoms with van der Waals surface area (Å²) in [5, 5.41) is 5.72. The summed E-state index contributed by atoms with van der Waals surface area (Å²) in [6.07, 6.45) is 6.21. The van der Waals surface area contributed by atoms with Crippen LogP contribution in [-0.2, 0) is 6.42 Å². The predicted molar refractivity (Wildman–Crippen MR) is 92.0 cm³/mol. The Morgan fingerprint density at radius 1 is 1.09 bits per heavy atom. The first kappa shape index (κ1) is 14.8. The van der Waals surface area contributed by atoms with Crippen LogP contribution >= 0.6 is 0 Å². The van der Waals surface area contributed by atoms with E-state index in [2.05, 4.69) is 22.5 Å². The number of carbonyl (C=O) groups excluding carboxylic acids is 1. The van der Waals surface area contributed by atoms with Crippen LogP contribution in [0.2, 0.25) is 0 Å². The summed E-state index contributed by atoms with van der Waals surface area (Å²) in [6, 6.07) is 15.1. The molecule has 0 spiro atoms. The molecule has 3 rings (SSSR count). The highest BCUT2D eigenvalue weighted by molar-refractivity contribution is 6.00. The van der Waals surface area contributed by atoms with Gasteiger partial charge in [0.25, 0.3) is 0 Å². The van der Waals surface area contributed by atoms with Gasteiger partial charge in [0.15, 0.2) is 0 Å². The van der Waals surface area contributed by atoms with Crippen LogP contribution in [0.15, 0.2) is 67.3 Å². The Kier molecular flexibility index (Phi) is 4.38. The van der Waals surface area contributed by atoms with Crippen molar-refractivity contribution >= 4 is 17.4 Å². The Morgan fingerprint density at radius 2 is 1.87 bits per heavy atom. The van der Waals surface area contributed by atoms with Gasteiger partial charge in [-0.05, 0) is 36.2 Å². The van der Waals surface area contributed by atoms with E-state index in [0.29, 0.717) is 5.69 Å². The average Bonchev–Trinajstić information content (AvgIpc) is 3.10. The number of nitrogens with zero attached hydrogens (tertiary/aromatic N) is 2. The van der Waals surface area contributed by atoms with Crippen LogP contribution in [0, 0.1) is 0 Å². The van der Waals surface area contributed by atoms with Crippen LogP contribution in [0.1, 0.15) is 12.5 Å². The molecule has 1 heterocycles. The Balaban J connectivity index is 1.73. The van der Waals surface area contributed by atoms with Crippen LogP contribution < -0.4 is 10.6 Å². The summed E-state index contributed by atoms with van der Waals surface area (Å²) in [4.78, 5) is 16.2. The highest BCUT2D eigenvalue weighted by atomic mass is 16.2. The molecule has 2 N–H and O–H groups in total. The van der Waals surface area contributed by atoms with Gasteiger partial charge in [0, 0.05) is 18.1 Å². The van der Waals surface area contributed by atoms with Crippen molar-refractivity contribution in [2.24, 2.45) is 0 Å². The summed E-state index contributed by atoms with van der Waals surface area (Å²) >= 11 is 0. The van der Waals surface area contributed by atoms with Gasteiger partial charge in [-0.25, -0.2) is 9.78 Å². The number of nitrogens with one attached hydrogen (secondary N) is 2. The number of aromatic nitrogens is 2. The van der Waals surface area contributed by atoms with Crippen molar-refractivity contribution in [3.05, 3.63) is 72.8 Å². The highest BCUT2D eigenvalue weighted by Gasteiger charge is 2.08. The molecule has 0 bridgehead atoms. The molecule has 0 unspecified atom stereocenters. The number of carbonyl (C=O) groups is 1. The second-order valence-corrected chi connectivity index (χ2v) is 5.12. The Hall–Kier alpha value is -3.08. The van der Waals surface area contributed by atoms with Crippen LogP contribution in [0.5, 0.6) is 0 Å². The number of rotatable bonds is 4. The quantitative estimate of drug-likeness (QED) is 0.763. The third kappa shape index (κ3) is 3.58. The van der Waals surface area contributed by atoms with Gasteiger partial charge in [0.1, 0.15) is 0 Å². The molecule has 0 atom stereocenters. The van der Waals surface area contributed by atoms with Crippen LogP contribution in [0.4, 0.5) is 16.2 Å². The molecule has 2 amide bonds. The fraction of sp³-hybridized carbons (Fsp3) is 0.111. The van der Waals surface area contributed by atoms with E-state index < -0.39 is 0 Å². The van der Waals surface area contributed by atoms with Crippen molar-refractivity contribution < 1.29 is 4.79 Å². The zero-order chi connectivity index (χ0) is 16.1. The maximum atomic E-state index is 12.2. The number of benzene rings is 2. The lowest BCUT2D eigenvalue weighted by atomic mass is 10.1. The molecule has 23 heavy (non-hydrogen) atoms. The van der Waals surface area contributed by atoms with Crippen molar-refractivity contribution in [3.8, 4) is 5.69 Å². The maximum absolute atomic E-state index is 12.2. The topological polar surface area (TPSA) is 59.0 Å². The molecule has 5 nitrogen and oxygen atoms in total. The number of imidazole rings is 1. The molecule has 1 aromatic heterocycles. The molecule has 0 fully saturated rings. The third-order valence-corrected chi connectivity index (χ3v) is 3.55. The summed E-state index contributed by atoms with van der Waals surface area (Å²) in [7, 11) is 0. The van der Waals surface area contributed by atoms with Crippen molar-refractivity contribution in [2.75, 3.05) is 10.6 Å². The van der Waals surface area contributed by atoms with Gasteiger partial charge in [-0.1, -0.05) is 31.2 Å². The molecule has 5 heteroatoms. The molecule has 116 valence electrons. The summed E-state index contributed by atoms with van der Waals surface area (Å²) in [5.41, 5.74) is 3.58. The smallest absolute Gasteiger partial charge is 0.308 e. The zero-order valence-electron chi connectivity index (χ0n) is 12.9. The molecule has 2 aromatic carbocycles. The first-order valence-corrected chi connectivity index (χ1v) is 7.50. The van der Waals surface area contributed by atoms with Crippen molar-refractivity contribution in [1.29, 1.82) is 0 Å². The monoisotopic (exact) mass is 306 g/mol. The highest BCUT2D eigenvalue weighted by Crippen LogP contribution is 2.20. The van der Waals surface area contributed by atoms with Gasteiger partial charge in [0.05, 0.1) is 17.7 Å². The first-order chi connectivity index (χ1) is 11.3. The number of anilines is 2. The number of hydrogen-bond donors (Lipinski definition) is 2. The molecule has 3 aromatic rings. The Morgan fingerprint density at radius 3 is 2.57 bits per heavy atom. The molecule has 0 radical (unpaired) electrons. The van der Waals surface area contributed by atoms with E-state index in [-0.39, 0.29) is 6.03 Å². The van der Waals surface area contributed by atoms with E-state index >= 15 is 0 Å². The van der Waals surface area contributed by atoms with E-state index in [1.54, 1.807) is 12.5 Å². The van der Waals surface area contributed by atoms with Crippen LogP contribution in [0.25, 0.3) is 5.69 Å². The fourth-order valence-electron chi connectivity index (χ4n) is 2.31. The van der Waals surface area contributed by atoms with E-state index in [9.17, 15) is 4.79 Å². The van der Waals surface area contributed by atoms with Gasteiger partial charge in [0.2, 0.25) is 0 Å². The number of hydrogen-bond acceptors (Lipinski definition) is 2. The van der Waals surface area contributed by atoms with Crippen LogP contribution in [0.3, 0.4) is 0 Å². The predicted octanol–water partition coefficient (Wildman–Crippen LogP) is 4.08. The zero-order valence-corrected chi connectivity index (χ0v) is 12.9. The standard InChI is InChI=1S/C18H18N4O/c1-2-14-7-9-15(10-8-14)20-18(23)21-16-5-3-4-6-17(16)22-12-11-19-13-22/h3-13H,2H2,1H3,(H2,20,21,23). The third-order valence-electron chi connectivity index (χ3n) is 3.55. The number of amides is 2. The van der Waals surface area contributed by atoms with Crippen molar-refractivity contribution in [3.63, 3.8) is 0 Å². The van der Waals surface area contributed by atoms with Gasteiger partial charge in [-0.15, -0.1) is 0 Å². The molecule has 0 saturated carbocycles. The van der Waals surface area contributed by atoms with E-state index in [0.717, 1.165) is 17.8 Å². The minimum absolute atomic E-state index is 0.276. The normalized spacial score (nSPS) is 10.3. The maximum Gasteiger partial charge on any atom is 0.323 e. The minimum Gasteiger partial charge on any atom is -0.308 e. The largest absolute Gasteiger partial charge is 0.323 e.